The predicted octanol–water partition coefficient (Wildman–Crippen LogP) is 5.77. The van der Waals surface area contributed by atoms with Crippen molar-refractivity contribution >= 4 is 23.8 Å². The highest BCUT2D eigenvalue weighted by Gasteiger charge is 2.19. The Balaban J connectivity index is 1.72. The molecule has 0 spiro atoms. The van der Waals surface area contributed by atoms with Gasteiger partial charge in [0.25, 0.3) is 0 Å². The van der Waals surface area contributed by atoms with Crippen molar-refractivity contribution in [1.82, 2.24) is 5.32 Å². The summed E-state index contributed by atoms with van der Waals surface area (Å²) < 4.78 is 10.5. The molecule has 1 N–H and O–H groups in total. The van der Waals surface area contributed by atoms with Crippen LogP contribution in [0.2, 0.25) is 0 Å². The molecule has 33 heavy (non-hydrogen) atoms. The Bertz CT molecular complexity index is 962. The molecular formula is C27H34N2O4. The molecule has 0 bridgehead atoms. The first kappa shape index (κ1) is 24.4. The summed E-state index contributed by atoms with van der Waals surface area (Å²) in [6.07, 6.45) is 7.42. The molecule has 1 fully saturated rings. The van der Waals surface area contributed by atoms with Gasteiger partial charge in [0.15, 0.2) is 0 Å². The van der Waals surface area contributed by atoms with Crippen LogP contribution in [0.25, 0.3) is 17.2 Å². The number of hydrogen-bond acceptors (Lipinski definition) is 4. The van der Waals surface area contributed by atoms with Crippen LogP contribution in [0.15, 0.2) is 54.3 Å². The number of ether oxygens (including phenoxy) is 2. The second kappa shape index (κ2) is 12.1. The number of anilines is 1. The minimum atomic E-state index is -0.467. The maximum absolute atomic E-state index is 12.7. The lowest BCUT2D eigenvalue weighted by Crippen LogP contribution is -2.43. The quantitative estimate of drug-likeness (QED) is 0.315. The van der Waals surface area contributed by atoms with Crippen LogP contribution in [0, 0.1) is 0 Å². The smallest absolute Gasteiger partial charge is 0.373 e. The standard InChI is InChI=1S/C27H34N2O4/c1-4-32-25(26(30)33-5-2)18-20-14-16-21(17-15-20)22-10-9-13-24(19-22)29(3)27(31)28-23-11-7-6-8-12-23/h9-10,13-19,23H,4-8,11-12H2,1-3H3,(H,28,31)/b25-18-. The van der Waals surface area contributed by atoms with E-state index in [0.717, 1.165) is 35.2 Å². The SMILES string of the molecule is CCOC(=O)/C(=C/c1ccc(-c2cccc(N(C)C(=O)NC3CCCCC3)c2)cc1)OCC. The van der Waals surface area contributed by atoms with Crippen molar-refractivity contribution in [3.05, 3.63) is 59.9 Å². The monoisotopic (exact) mass is 450 g/mol. The molecule has 0 aromatic heterocycles. The zero-order valence-electron chi connectivity index (χ0n) is 19.8. The zero-order chi connectivity index (χ0) is 23.6. The maximum atomic E-state index is 12.7. The number of rotatable bonds is 8. The summed E-state index contributed by atoms with van der Waals surface area (Å²) in [5.41, 5.74) is 3.71. The van der Waals surface area contributed by atoms with Gasteiger partial charge in [-0.05, 0) is 61.6 Å². The van der Waals surface area contributed by atoms with Gasteiger partial charge in [0.1, 0.15) is 0 Å². The van der Waals surface area contributed by atoms with E-state index in [2.05, 4.69) is 5.32 Å². The van der Waals surface area contributed by atoms with Gasteiger partial charge >= 0.3 is 12.0 Å². The van der Waals surface area contributed by atoms with Crippen LogP contribution in [0.3, 0.4) is 0 Å². The van der Waals surface area contributed by atoms with Crippen molar-refractivity contribution < 1.29 is 19.1 Å². The van der Waals surface area contributed by atoms with Gasteiger partial charge in [0, 0.05) is 18.8 Å². The van der Waals surface area contributed by atoms with E-state index >= 15 is 0 Å². The van der Waals surface area contributed by atoms with Crippen molar-refractivity contribution in [2.75, 3.05) is 25.2 Å². The number of amides is 2. The molecule has 1 aliphatic rings. The van der Waals surface area contributed by atoms with Gasteiger partial charge in [-0.15, -0.1) is 0 Å². The van der Waals surface area contributed by atoms with Gasteiger partial charge in [-0.3, -0.25) is 4.90 Å². The lowest BCUT2D eigenvalue weighted by molar-refractivity contribution is -0.142. The molecule has 1 saturated carbocycles. The largest absolute Gasteiger partial charge is 0.487 e. The van der Waals surface area contributed by atoms with Crippen molar-refractivity contribution in [1.29, 1.82) is 0 Å². The van der Waals surface area contributed by atoms with E-state index in [1.807, 2.05) is 55.5 Å². The number of hydrogen-bond donors (Lipinski definition) is 1. The van der Waals surface area contributed by atoms with E-state index < -0.39 is 5.97 Å². The van der Waals surface area contributed by atoms with Crippen LogP contribution < -0.4 is 10.2 Å². The lowest BCUT2D eigenvalue weighted by atomic mass is 9.96. The Kier molecular flexibility index (Phi) is 8.93. The lowest BCUT2D eigenvalue weighted by Gasteiger charge is -2.26. The summed E-state index contributed by atoms with van der Waals surface area (Å²) in [4.78, 5) is 26.4. The number of benzene rings is 2. The van der Waals surface area contributed by atoms with Gasteiger partial charge in [0.2, 0.25) is 5.76 Å². The third kappa shape index (κ3) is 6.85. The molecule has 0 unspecified atom stereocenters. The fourth-order valence-electron chi connectivity index (χ4n) is 3.97. The predicted molar refractivity (Wildman–Crippen MR) is 132 cm³/mol. The molecular weight excluding hydrogens is 416 g/mol. The maximum Gasteiger partial charge on any atom is 0.373 e. The minimum Gasteiger partial charge on any atom is -0.487 e. The first-order valence-electron chi connectivity index (χ1n) is 11.8. The molecule has 0 radical (unpaired) electrons. The highest BCUT2D eigenvalue weighted by atomic mass is 16.6. The van der Waals surface area contributed by atoms with Crippen LogP contribution in [0.4, 0.5) is 10.5 Å². The fraction of sp³-hybridized carbons (Fsp3) is 0.407. The molecule has 6 heteroatoms. The number of carbonyl (C=O) groups is 2. The van der Waals surface area contributed by atoms with Crippen LogP contribution >= 0.6 is 0 Å². The van der Waals surface area contributed by atoms with E-state index in [-0.39, 0.29) is 17.8 Å². The van der Waals surface area contributed by atoms with Crippen molar-refractivity contribution in [2.24, 2.45) is 0 Å². The highest BCUT2D eigenvalue weighted by molar-refractivity contribution is 5.93. The molecule has 1 aliphatic carbocycles. The summed E-state index contributed by atoms with van der Waals surface area (Å²) in [5, 5.41) is 3.16. The average Bonchev–Trinajstić information content (AvgIpc) is 2.84. The summed E-state index contributed by atoms with van der Waals surface area (Å²) in [6.45, 7) is 4.28. The molecule has 0 atom stereocenters. The third-order valence-electron chi connectivity index (χ3n) is 5.79. The van der Waals surface area contributed by atoms with Gasteiger partial charge < -0.3 is 14.8 Å². The highest BCUT2D eigenvalue weighted by Crippen LogP contribution is 2.26. The van der Waals surface area contributed by atoms with Crippen LogP contribution in [-0.2, 0) is 14.3 Å². The number of nitrogens with one attached hydrogen (secondary N) is 1. The molecule has 0 saturated heterocycles. The molecule has 6 nitrogen and oxygen atoms in total. The van der Waals surface area contributed by atoms with Gasteiger partial charge in [-0.25, -0.2) is 9.59 Å². The second-order valence-electron chi connectivity index (χ2n) is 8.18. The van der Waals surface area contributed by atoms with E-state index in [4.69, 9.17) is 9.47 Å². The Morgan fingerprint density at radius 1 is 0.970 bits per heavy atom. The number of urea groups is 1. The molecule has 2 aromatic rings. The van der Waals surface area contributed by atoms with Crippen molar-refractivity contribution in [2.45, 2.75) is 52.0 Å². The zero-order valence-corrected chi connectivity index (χ0v) is 19.8. The third-order valence-corrected chi connectivity index (χ3v) is 5.79. The number of esters is 1. The van der Waals surface area contributed by atoms with Crippen molar-refractivity contribution in [3.63, 3.8) is 0 Å². The first-order chi connectivity index (χ1) is 16.0. The minimum absolute atomic E-state index is 0.0676. The summed E-state index contributed by atoms with van der Waals surface area (Å²) in [5.74, 6) is -0.273. The normalized spacial score (nSPS) is 14.5. The Morgan fingerprint density at radius 2 is 1.67 bits per heavy atom. The first-order valence-corrected chi connectivity index (χ1v) is 11.8. The summed E-state index contributed by atoms with van der Waals surface area (Å²) >= 11 is 0. The fourth-order valence-corrected chi connectivity index (χ4v) is 3.97. The Labute approximate surface area is 196 Å². The second-order valence-corrected chi connectivity index (χ2v) is 8.18. The average molecular weight is 451 g/mol. The van der Waals surface area contributed by atoms with Gasteiger partial charge in [0.05, 0.1) is 13.2 Å². The molecule has 2 amide bonds. The van der Waals surface area contributed by atoms with E-state index in [9.17, 15) is 9.59 Å². The van der Waals surface area contributed by atoms with E-state index in [0.29, 0.717) is 13.2 Å². The van der Waals surface area contributed by atoms with E-state index in [1.54, 1.807) is 24.9 Å². The Morgan fingerprint density at radius 3 is 2.33 bits per heavy atom. The van der Waals surface area contributed by atoms with Crippen LogP contribution in [0.1, 0.15) is 51.5 Å². The molecule has 0 aliphatic heterocycles. The van der Waals surface area contributed by atoms with Gasteiger partial charge in [-0.1, -0.05) is 55.7 Å². The number of carbonyl (C=O) groups excluding carboxylic acids is 2. The Hall–Kier alpha value is -3.28. The molecule has 3 rings (SSSR count). The van der Waals surface area contributed by atoms with Crippen LogP contribution in [-0.4, -0.2) is 38.3 Å². The molecule has 176 valence electrons. The topological polar surface area (TPSA) is 67.9 Å². The van der Waals surface area contributed by atoms with Crippen molar-refractivity contribution in [3.8, 4) is 11.1 Å². The molecule has 0 heterocycles. The number of nitrogens with zero attached hydrogens (tertiary/aromatic N) is 1. The molecule has 2 aromatic carbocycles. The van der Waals surface area contributed by atoms with E-state index in [1.165, 1.54) is 19.3 Å². The summed E-state index contributed by atoms with van der Waals surface area (Å²) in [6, 6.07) is 16.0. The van der Waals surface area contributed by atoms with Crippen LogP contribution in [0.5, 0.6) is 0 Å². The summed E-state index contributed by atoms with van der Waals surface area (Å²) in [7, 11) is 1.80. The van der Waals surface area contributed by atoms with Gasteiger partial charge in [-0.2, -0.15) is 0 Å².